The topological polar surface area (TPSA) is 59.2 Å². The van der Waals surface area contributed by atoms with E-state index in [-0.39, 0.29) is 5.91 Å². The number of aromatic nitrogens is 1. The van der Waals surface area contributed by atoms with Gasteiger partial charge in [0.2, 0.25) is 0 Å². The summed E-state index contributed by atoms with van der Waals surface area (Å²) in [6, 6.07) is 3.59. The van der Waals surface area contributed by atoms with Gasteiger partial charge < -0.3 is 10.6 Å². The number of hydrogen-bond acceptors (Lipinski definition) is 3. The van der Waals surface area contributed by atoms with Crippen molar-refractivity contribution >= 4 is 5.91 Å². The van der Waals surface area contributed by atoms with Crippen molar-refractivity contribution in [2.24, 2.45) is 17.6 Å². The van der Waals surface area contributed by atoms with Crippen molar-refractivity contribution in [2.45, 2.75) is 19.3 Å². The molecule has 2 aliphatic rings. The minimum absolute atomic E-state index is 0.0535. The summed E-state index contributed by atoms with van der Waals surface area (Å²) in [5.74, 6) is 7.17. The number of nitrogens with two attached hydrogens (primary N) is 1. The summed E-state index contributed by atoms with van der Waals surface area (Å²) >= 11 is 0. The lowest BCUT2D eigenvalue weighted by molar-refractivity contribution is 0.0775. The maximum Gasteiger partial charge on any atom is 0.272 e. The van der Waals surface area contributed by atoms with Gasteiger partial charge in [0.15, 0.2) is 0 Å². The third-order valence-corrected chi connectivity index (χ3v) is 4.33. The zero-order chi connectivity index (χ0) is 13.9. The molecule has 2 N–H and O–H groups in total. The normalized spacial score (nSPS) is 24.1. The fraction of sp³-hybridized carbons (Fsp3) is 0.500. The number of carbonyl (C=O) groups is 1. The SMILES string of the molecule is NCC#Cc1ccc(C(=O)N2CC3CCCC3C2)nc1. The van der Waals surface area contributed by atoms with E-state index in [1.54, 1.807) is 12.3 Å². The van der Waals surface area contributed by atoms with Gasteiger partial charge in [-0.25, -0.2) is 4.98 Å². The van der Waals surface area contributed by atoms with E-state index in [0.717, 1.165) is 18.7 Å². The molecular formula is C16H19N3O. The van der Waals surface area contributed by atoms with Gasteiger partial charge in [-0.1, -0.05) is 18.3 Å². The molecule has 0 bridgehead atoms. The maximum absolute atomic E-state index is 12.4. The summed E-state index contributed by atoms with van der Waals surface area (Å²) in [6.07, 6.45) is 5.52. The van der Waals surface area contributed by atoms with Crippen LogP contribution >= 0.6 is 0 Å². The molecule has 1 aromatic heterocycles. The van der Waals surface area contributed by atoms with Crippen LogP contribution in [0.3, 0.4) is 0 Å². The van der Waals surface area contributed by atoms with Crippen molar-refractivity contribution in [3.63, 3.8) is 0 Å². The summed E-state index contributed by atoms with van der Waals surface area (Å²) in [6.45, 7) is 2.14. The standard InChI is InChI=1S/C16H19N3O/c17-8-2-3-12-6-7-15(18-9-12)16(20)19-10-13-4-1-5-14(13)11-19/h6-7,9,13-14H,1,4-5,8,10-11,17H2. The Morgan fingerprint density at radius 3 is 2.70 bits per heavy atom. The first-order valence-corrected chi connectivity index (χ1v) is 7.22. The molecule has 4 heteroatoms. The number of carbonyl (C=O) groups excluding carboxylic acids is 1. The monoisotopic (exact) mass is 269 g/mol. The Morgan fingerprint density at radius 1 is 1.35 bits per heavy atom. The first-order chi connectivity index (χ1) is 9.78. The molecule has 0 radical (unpaired) electrons. The van der Waals surface area contributed by atoms with Crippen LogP contribution in [-0.4, -0.2) is 35.4 Å². The highest BCUT2D eigenvalue weighted by Crippen LogP contribution is 2.37. The van der Waals surface area contributed by atoms with Crippen molar-refractivity contribution in [1.82, 2.24) is 9.88 Å². The van der Waals surface area contributed by atoms with Crippen LogP contribution in [0.4, 0.5) is 0 Å². The van der Waals surface area contributed by atoms with Crippen LogP contribution in [-0.2, 0) is 0 Å². The Kier molecular flexibility index (Phi) is 3.70. The highest BCUT2D eigenvalue weighted by atomic mass is 16.2. The average molecular weight is 269 g/mol. The van der Waals surface area contributed by atoms with E-state index in [2.05, 4.69) is 16.8 Å². The lowest BCUT2D eigenvalue weighted by Gasteiger charge is -2.16. The molecule has 2 unspecified atom stereocenters. The Morgan fingerprint density at radius 2 is 2.10 bits per heavy atom. The molecule has 2 fully saturated rings. The van der Waals surface area contributed by atoms with Gasteiger partial charge in [0.25, 0.3) is 5.91 Å². The highest BCUT2D eigenvalue weighted by Gasteiger charge is 2.38. The molecule has 0 aromatic carbocycles. The van der Waals surface area contributed by atoms with Crippen LogP contribution in [0.15, 0.2) is 18.3 Å². The minimum atomic E-state index is 0.0535. The Bertz CT molecular complexity index is 543. The molecule has 1 aliphatic heterocycles. The number of hydrogen-bond donors (Lipinski definition) is 1. The molecule has 2 heterocycles. The minimum Gasteiger partial charge on any atom is -0.337 e. The molecule has 1 aliphatic carbocycles. The summed E-state index contributed by atoms with van der Waals surface area (Å²) in [4.78, 5) is 18.6. The molecule has 20 heavy (non-hydrogen) atoms. The van der Waals surface area contributed by atoms with E-state index in [1.165, 1.54) is 19.3 Å². The zero-order valence-electron chi connectivity index (χ0n) is 11.5. The molecule has 0 spiro atoms. The molecule has 4 nitrogen and oxygen atoms in total. The summed E-state index contributed by atoms with van der Waals surface area (Å²) < 4.78 is 0. The van der Waals surface area contributed by atoms with Crippen LogP contribution in [0, 0.1) is 23.7 Å². The van der Waals surface area contributed by atoms with Gasteiger partial charge in [-0.15, -0.1) is 0 Å². The molecule has 1 amide bonds. The van der Waals surface area contributed by atoms with Crippen LogP contribution in [0.5, 0.6) is 0 Å². The van der Waals surface area contributed by atoms with Crippen molar-refractivity contribution in [1.29, 1.82) is 0 Å². The fourth-order valence-electron chi connectivity index (χ4n) is 3.31. The predicted octanol–water partition coefficient (Wildman–Crippen LogP) is 1.26. The van der Waals surface area contributed by atoms with Crippen LogP contribution in [0.25, 0.3) is 0 Å². The number of nitrogens with zero attached hydrogens (tertiary/aromatic N) is 2. The fourth-order valence-corrected chi connectivity index (χ4v) is 3.31. The lowest BCUT2D eigenvalue weighted by Crippen LogP contribution is -2.30. The van der Waals surface area contributed by atoms with Gasteiger partial charge in [-0.3, -0.25) is 4.79 Å². The van der Waals surface area contributed by atoms with Gasteiger partial charge in [0.1, 0.15) is 5.69 Å². The van der Waals surface area contributed by atoms with Crippen LogP contribution in [0.1, 0.15) is 35.3 Å². The molecule has 1 saturated carbocycles. The number of likely N-dealkylation sites (tertiary alicyclic amines) is 1. The molecular weight excluding hydrogens is 250 g/mol. The highest BCUT2D eigenvalue weighted by molar-refractivity contribution is 5.92. The number of amides is 1. The van der Waals surface area contributed by atoms with Crippen LogP contribution < -0.4 is 5.73 Å². The molecule has 1 aromatic rings. The second-order valence-electron chi connectivity index (χ2n) is 5.60. The average Bonchev–Trinajstić information content (AvgIpc) is 3.06. The van der Waals surface area contributed by atoms with Crippen molar-refractivity contribution in [2.75, 3.05) is 19.6 Å². The van der Waals surface area contributed by atoms with Crippen molar-refractivity contribution in [3.8, 4) is 11.8 Å². The largest absolute Gasteiger partial charge is 0.337 e. The van der Waals surface area contributed by atoms with E-state index in [1.807, 2.05) is 11.0 Å². The van der Waals surface area contributed by atoms with Gasteiger partial charge >= 0.3 is 0 Å². The second-order valence-corrected chi connectivity index (χ2v) is 5.60. The van der Waals surface area contributed by atoms with E-state index in [9.17, 15) is 4.79 Å². The third kappa shape index (κ3) is 2.54. The molecule has 2 atom stereocenters. The Balaban J connectivity index is 1.68. The number of pyridine rings is 1. The molecule has 1 saturated heterocycles. The zero-order valence-corrected chi connectivity index (χ0v) is 11.5. The van der Waals surface area contributed by atoms with E-state index >= 15 is 0 Å². The number of rotatable bonds is 1. The van der Waals surface area contributed by atoms with E-state index < -0.39 is 0 Å². The van der Waals surface area contributed by atoms with Crippen LogP contribution in [0.2, 0.25) is 0 Å². The van der Waals surface area contributed by atoms with E-state index in [4.69, 9.17) is 5.73 Å². The number of fused-ring (bicyclic) bond motifs is 1. The van der Waals surface area contributed by atoms with Crippen molar-refractivity contribution < 1.29 is 4.79 Å². The summed E-state index contributed by atoms with van der Waals surface area (Å²) in [7, 11) is 0. The maximum atomic E-state index is 12.4. The molecule has 3 rings (SSSR count). The van der Waals surface area contributed by atoms with Crippen molar-refractivity contribution in [3.05, 3.63) is 29.6 Å². The van der Waals surface area contributed by atoms with E-state index in [0.29, 0.717) is 24.1 Å². The van der Waals surface area contributed by atoms with Gasteiger partial charge in [-0.05, 0) is 36.8 Å². The van der Waals surface area contributed by atoms with Gasteiger partial charge in [0.05, 0.1) is 6.54 Å². The lowest BCUT2D eigenvalue weighted by atomic mass is 10.0. The quantitative estimate of drug-likeness (QED) is 0.781. The Hall–Kier alpha value is -1.86. The first kappa shape index (κ1) is 13.1. The van der Waals surface area contributed by atoms with Gasteiger partial charge in [-0.2, -0.15) is 0 Å². The predicted molar refractivity (Wildman–Crippen MR) is 76.9 cm³/mol. The summed E-state index contributed by atoms with van der Waals surface area (Å²) in [5.41, 5.74) is 6.64. The first-order valence-electron chi connectivity index (χ1n) is 7.22. The second kappa shape index (κ2) is 5.64. The smallest absolute Gasteiger partial charge is 0.272 e. The van der Waals surface area contributed by atoms with Gasteiger partial charge in [0, 0.05) is 24.8 Å². The third-order valence-electron chi connectivity index (χ3n) is 4.33. The Labute approximate surface area is 119 Å². The molecule has 104 valence electrons. The summed E-state index contributed by atoms with van der Waals surface area (Å²) in [5, 5.41) is 0.